The van der Waals surface area contributed by atoms with Crippen LogP contribution < -0.4 is 5.32 Å². The first-order valence-corrected chi connectivity index (χ1v) is 9.70. The van der Waals surface area contributed by atoms with Crippen molar-refractivity contribution in [3.63, 3.8) is 0 Å². The topological polar surface area (TPSA) is 107 Å². The van der Waals surface area contributed by atoms with Gasteiger partial charge in [0.05, 0.1) is 17.7 Å². The first-order valence-electron chi connectivity index (χ1n) is 8.58. The summed E-state index contributed by atoms with van der Waals surface area (Å²) in [5.74, 6) is -1.76. The van der Waals surface area contributed by atoms with E-state index in [9.17, 15) is 14.4 Å². The predicted molar refractivity (Wildman–Crippen MR) is 108 cm³/mol. The number of rotatable bonds is 5. The summed E-state index contributed by atoms with van der Waals surface area (Å²) in [4.78, 5) is 34.3. The molecule has 1 heterocycles. The summed E-state index contributed by atoms with van der Waals surface area (Å²) in [5, 5.41) is 20.8. The Kier molecular flexibility index (Phi) is 8.16. The Morgan fingerprint density at radius 1 is 1.00 bits per heavy atom. The lowest BCUT2D eigenvalue weighted by molar-refractivity contribution is -0.124. The van der Waals surface area contributed by atoms with E-state index in [1.807, 2.05) is 11.0 Å². The number of alkyl halides is 1. The van der Waals surface area contributed by atoms with Gasteiger partial charge in [0.25, 0.3) is 0 Å². The molecular formula is C20H21BrN2O5. The van der Waals surface area contributed by atoms with Crippen molar-refractivity contribution in [1.82, 2.24) is 10.2 Å². The molecule has 0 spiro atoms. The molecule has 2 aromatic carbocycles. The van der Waals surface area contributed by atoms with Gasteiger partial charge >= 0.3 is 11.9 Å². The van der Waals surface area contributed by atoms with Gasteiger partial charge in [0.15, 0.2) is 0 Å². The molecule has 1 saturated heterocycles. The van der Waals surface area contributed by atoms with Crippen LogP contribution in [0, 0.1) is 0 Å². The van der Waals surface area contributed by atoms with Crippen LogP contribution in [0.25, 0.3) is 0 Å². The lowest BCUT2D eigenvalue weighted by Gasteiger charge is -2.26. The molecule has 3 rings (SSSR count). The number of carboxylic acids is 2. The van der Waals surface area contributed by atoms with E-state index >= 15 is 0 Å². The van der Waals surface area contributed by atoms with Crippen LogP contribution in [-0.2, 0) is 16.7 Å². The van der Waals surface area contributed by atoms with Gasteiger partial charge in [0.1, 0.15) is 0 Å². The Balaban J connectivity index is 0.000000221. The SMILES string of the molecule is O=C(O)c1cccc(CBr)c1.O=C1CN(Cc2ccc(C(=O)O)cc2)CCN1. The van der Waals surface area contributed by atoms with Crippen molar-refractivity contribution in [3.05, 3.63) is 70.8 Å². The van der Waals surface area contributed by atoms with E-state index in [1.165, 1.54) is 0 Å². The second kappa shape index (κ2) is 10.6. The van der Waals surface area contributed by atoms with E-state index in [2.05, 4.69) is 21.2 Å². The number of benzene rings is 2. The van der Waals surface area contributed by atoms with Crippen LogP contribution in [0.5, 0.6) is 0 Å². The molecule has 1 aliphatic heterocycles. The van der Waals surface area contributed by atoms with Gasteiger partial charge in [-0.2, -0.15) is 0 Å². The number of hydrogen-bond donors (Lipinski definition) is 3. The average molecular weight is 449 g/mol. The molecule has 0 saturated carbocycles. The minimum Gasteiger partial charge on any atom is -0.478 e. The molecule has 0 radical (unpaired) electrons. The van der Waals surface area contributed by atoms with E-state index in [0.29, 0.717) is 30.5 Å². The molecule has 0 unspecified atom stereocenters. The Hall–Kier alpha value is -2.71. The van der Waals surface area contributed by atoms with Crippen molar-refractivity contribution in [2.45, 2.75) is 11.9 Å². The van der Waals surface area contributed by atoms with Crippen LogP contribution in [0.15, 0.2) is 48.5 Å². The second-order valence-corrected chi connectivity index (χ2v) is 6.76. The molecule has 0 aromatic heterocycles. The van der Waals surface area contributed by atoms with Gasteiger partial charge in [0, 0.05) is 25.0 Å². The number of amides is 1. The zero-order chi connectivity index (χ0) is 20.5. The lowest BCUT2D eigenvalue weighted by atomic mass is 10.1. The fourth-order valence-corrected chi connectivity index (χ4v) is 2.97. The van der Waals surface area contributed by atoms with Gasteiger partial charge in [-0.3, -0.25) is 9.69 Å². The van der Waals surface area contributed by atoms with Crippen LogP contribution in [-0.4, -0.2) is 52.6 Å². The molecule has 0 bridgehead atoms. The first kappa shape index (κ1) is 21.6. The molecule has 1 amide bonds. The summed E-state index contributed by atoms with van der Waals surface area (Å²) in [6.07, 6.45) is 0. The smallest absolute Gasteiger partial charge is 0.335 e. The molecule has 148 valence electrons. The Morgan fingerprint density at radius 3 is 2.25 bits per heavy atom. The Morgan fingerprint density at radius 2 is 1.68 bits per heavy atom. The highest BCUT2D eigenvalue weighted by molar-refractivity contribution is 9.08. The second-order valence-electron chi connectivity index (χ2n) is 6.20. The third kappa shape index (κ3) is 6.79. The molecule has 2 aromatic rings. The molecule has 0 aliphatic carbocycles. The number of carbonyl (C=O) groups excluding carboxylic acids is 1. The summed E-state index contributed by atoms with van der Waals surface area (Å²) in [5.41, 5.74) is 2.61. The van der Waals surface area contributed by atoms with Gasteiger partial charge in [-0.05, 0) is 35.4 Å². The van der Waals surface area contributed by atoms with E-state index in [4.69, 9.17) is 10.2 Å². The zero-order valence-corrected chi connectivity index (χ0v) is 16.7. The minimum absolute atomic E-state index is 0.0402. The largest absolute Gasteiger partial charge is 0.478 e. The highest BCUT2D eigenvalue weighted by atomic mass is 79.9. The average Bonchev–Trinajstić information content (AvgIpc) is 2.69. The number of carbonyl (C=O) groups is 3. The number of piperazine rings is 1. The number of hydrogen-bond acceptors (Lipinski definition) is 4. The number of carboxylic acid groups (broad SMARTS) is 2. The number of nitrogens with one attached hydrogen (secondary N) is 1. The molecule has 1 aliphatic rings. The van der Waals surface area contributed by atoms with E-state index in [-0.39, 0.29) is 11.5 Å². The van der Waals surface area contributed by atoms with Gasteiger partial charge in [0.2, 0.25) is 5.91 Å². The molecule has 3 N–H and O–H groups in total. The maximum Gasteiger partial charge on any atom is 0.335 e. The minimum atomic E-state index is -0.922. The van der Waals surface area contributed by atoms with Crippen LogP contribution in [0.1, 0.15) is 31.8 Å². The van der Waals surface area contributed by atoms with E-state index < -0.39 is 11.9 Å². The standard InChI is InChI=1S/C12H14N2O3.C8H7BrO2/c15-11-8-14(6-5-13-11)7-9-1-3-10(4-2-9)12(16)17;9-5-6-2-1-3-7(4-6)8(10)11/h1-4H,5-8H2,(H,13,15)(H,16,17);1-4H,5H2,(H,10,11). The fraction of sp³-hybridized carbons (Fsp3) is 0.250. The van der Waals surface area contributed by atoms with Crippen LogP contribution >= 0.6 is 15.9 Å². The summed E-state index contributed by atoms with van der Waals surface area (Å²) in [6, 6.07) is 13.6. The summed E-state index contributed by atoms with van der Waals surface area (Å²) in [7, 11) is 0. The maximum absolute atomic E-state index is 11.2. The number of nitrogens with zero attached hydrogens (tertiary/aromatic N) is 1. The van der Waals surface area contributed by atoms with E-state index in [1.54, 1.807) is 42.5 Å². The van der Waals surface area contributed by atoms with Crippen LogP contribution in [0.4, 0.5) is 0 Å². The molecule has 8 heteroatoms. The number of halogens is 1. The molecule has 28 heavy (non-hydrogen) atoms. The van der Waals surface area contributed by atoms with Gasteiger partial charge < -0.3 is 15.5 Å². The molecule has 1 fully saturated rings. The Labute approximate surface area is 171 Å². The van der Waals surface area contributed by atoms with E-state index in [0.717, 1.165) is 17.7 Å². The zero-order valence-electron chi connectivity index (χ0n) is 15.1. The molecular weight excluding hydrogens is 428 g/mol. The summed E-state index contributed by atoms with van der Waals surface area (Å²) < 4.78 is 0. The van der Waals surface area contributed by atoms with Crippen molar-refractivity contribution >= 4 is 33.8 Å². The molecule has 0 atom stereocenters. The van der Waals surface area contributed by atoms with Crippen LogP contribution in [0.3, 0.4) is 0 Å². The van der Waals surface area contributed by atoms with Crippen molar-refractivity contribution in [3.8, 4) is 0 Å². The summed E-state index contributed by atoms with van der Waals surface area (Å²) in [6.45, 7) is 2.58. The predicted octanol–water partition coefficient (Wildman–Crippen LogP) is 2.60. The van der Waals surface area contributed by atoms with Crippen molar-refractivity contribution in [1.29, 1.82) is 0 Å². The third-order valence-corrected chi connectivity index (χ3v) is 4.70. The lowest BCUT2D eigenvalue weighted by Crippen LogP contribution is -2.47. The van der Waals surface area contributed by atoms with Crippen molar-refractivity contribution in [2.75, 3.05) is 19.6 Å². The van der Waals surface area contributed by atoms with Crippen molar-refractivity contribution < 1.29 is 24.6 Å². The maximum atomic E-state index is 11.2. The number of aromatic carboxylic acids is 2. The summed E-state index contributed by atoms with van der Waals surface area (Å²) >= 11 is 3.25. The quantitative estimate of drug-likeness (QED) is 0.606. The first-order chi connectivity index (χ1) is 13.4. The fourth-order valence-electron chi connectivity index (χ4n) is 2.62. The highest BCUT2D eigenvalue weighted by Gasteiger charge is 2.16. The van der Waals surface area contributed by atoms with Gasteiger partial charge in [-0.15, -0.1) is 0 Å². The Bertz CT molecular complexity index is 839. The highest BCUT2D eigenvalue weighted by Crippen LogP contribution is 2.09. The van der Waals surface area contributed by atoms with Gasteiger partial charge in [-0.25, -0.2) is 9.59 Å². The monoisotopic (exact) mass is 448 g/mol. The van der Waals surface area contributed by atoms with Crippen LogP contribution in [0.2, 0.25) is 0 Å². The normalized spacial score (nSPS) is 13.8. The van der Waals surface area contributed by atoms with Gasteiger partial charge in [-0.1, -0.05) is 40.2 Å². The molecule has 7 nitrogen and oxygen atoms in total. The van der Waals surface area contributed by atoms with Crippen molar-refractivity contribution in [2.24, 2.45) is 0 Å². The third-order valence-electron chi connectivity index (χ3n) is 4.05.